The summed E-state index contributed by atoms with van der Waals surface area (Å²) < 4.78 is 65.5. The molecule has 4 nitrogen and oxygen atoms in total. The molecule has 0 fully saturated rings. The van der Waals surface area contributed by atoms with E-state index in [1.165, 1.54) is 6.07 Å². The Morgan fingerprint density at radius 2 is 1.43 bits per heavy atom. The summed E-state index contributed by atoms with van der Waals surface area (Å²) in [5.74, 6) is -0.955. The van der Waals surface area contributed by atoms with E-state index in [9.17, 15) is 17.6 Å². The van der Waals surface area contributed by atoms with Crippen LogP contribution in [0.1, 0.15) is 5.56 Å². The third kappa shape index (κ3) is 7.51. The number of halogens is 4. The van der Waals surface area contributed by atoms with Crippen LogP contribution in [0.4, 0.5) is 17.6 Å². The summed E-state index contributed by atoms with van der Waals surface area (Å²) in [4.78, 5) is 0. The molecule has 0 radical (unpaired) electrons. The van der Waals surface area contributed by atoms with E-state index in [0.717, 1.165) is 17.7 Å². The second-order valence-electron chi connectivity index (χ2n) is 7.14. The normalized spacial score (nSPS) is 11.1. The fraction of sp³-hybridized carbons (Fsp3) is 0.0741. The minimum atomic E-state index is -4.97. The number of ether oxygens (including phenoxy) is 3. The first-order valence-corrected chi connectivity index (χ1v) is 10.1. The summed E-state index contributed by atoms with van der Waals surface area (Å²) in [7, 11) is 0. The van der Waals surface area contributed by atoms with Crippen molar-refractivity contribution >= 4 is 5.57 Å². The fourth-order valence-corrected chi connectivity index (χ4v) is 2.90. The van der Waals surface area contributed by atoms with Gasteiger partial charge in [-0.1, -0.05) is 49.6 Å². The first-order chi connectivity index (χ1) is 16.6. The number of nitrogens with zero attached hydrogens (tertiary/aromatic N) is 1. The highest BCUT2D eigenvalue weighted by molar-refractivity contribution is 5.73. The lowest BCUT2D eigenvalue weighted by Crippen LogP contribution is -2.17. The van der Waals surface area contributed by atoms with E-state index in [2.05, 4.69) is 17.9 Å². The topological polar surface area (TPSA) is 51.5 Å². The minimum Gasteiger partial charge on any atom is -0.458 e. The summed E-state index contributed by atoms with van der Waals surface area (Å²) in [6.07, 6.45) is -1.68. The van der Waals surface area contributed by atoms with Crippen molar-refractivity contribution < 1.29 is 31.8 Å². The molecule has 35 heavy (non-hydrogen) atoms. The van der Waals surface area contributed by atoms with Gasteiger partial charge in [0.2, 0.25) is 6.79 Å². The first-order valence-electron chi connectivity index (χ1n) is 10.1. The molecule has 0 bridgehead atoms. The lowest BCUT2D eigenvalue weighted by molar-refractivity contribution is -0.275. The molecule has 0 amide bonds. The van der Waals surface area contributed by atoms with Gasteiger partial charge in [-0.15, -0.1) is 13.2 Å². The van der Waals surface area contributed by atoms with E-state index < -0.39 is 17.9 Å². The monoisotopic (exact) mass is 481 g/mol. The zero-order chi connectivity index (χ0) is 25.4. The van der Waals surface area contributed by atoms with Crippen molar-refractivity contribution in [1.29, 1.82) is 5.26 Å². The van der Waals surface area contributed by atoms with E-state index in [0.29, 0.717) is 33.8 Å². The molecule has 0 unspecified atom stereocenters. The molecule has 8 heteroatoms. The van der Waals surface area contributed by atoms with Gasteiger partial charge < -0.3 is 14.2 Å². The van der Waals surface area contributed by atoms with Gasteiger partial charge in [0.1, 0.15) is 11.5 Å². The van der Waals surface area contributed by atoms with Crippen LogP contribution < -0.4 is 14.2 Å². The maximum Gasteiger partial charge on any atom is 0.573 e. The lowest BCUT2D eigenvalue weighted by Gasteiger charge is -2.11. The van der Waals surface area contributed by atoms with Gasteiger partial charge in [-0.25, -0.2) is 4.39 Å². The molecule has 0 aliphatic rings. The van der Waals surface area contributed by atoms with Crippen molar-refractivity contribution in [2.24, 2.45) is 0 Å². The average Bonchev–Trinajstić information content (AvgIpc) is 2.83. The van der Waals surface area contributed by atoms with Gasteiger partial charge in [-0.05, 0) is 64.7 Å². The molecule has 3 aromatic carbocycles. The van der Waals surface area contributed by atoms with Crippen molar-refractivity contribution in [2.75, 3.05) is 6.79 Å². The van der Waals surface area contributed by atoms with Crippen LogP contribution in [0.5, 0.6) is 17.2 Å². The molecule has 0 saturated heterocycles. The molecule has 0 heterocycles. The second kappa shape index (κ2) is 11.1. The van der Waals surface area contributed by atoms with Crippen LogP contribution >= 0.6 is 0 Å². The quantitative estimate of drug-likeness (QED) is 0.138. The SMILES string of the molecule is C=C(C#N)C=CC(=C)c1ccc(OCOc2ccc(-c3ccc(OC(F)(F)F)c(F)c3)cc2)cc1. The zero-order valence-electron chi connectivity index (χ0n) is 18.3. The van der Waals surface area contributed by atoms with Gasteiger partial charge in [0, 0.05) is 5.57 Å². The molecule has 0 aromatic heterocycles. The maximum atomic E-state index is 13.9. The van der Waals surface area contributed by atoms with E-state index in [4.69, 9.17) is 14.7 Å². The molecular weight excluding hydrogens is 462 g/mol. The molecule has 3 rings (SSSR count). The Bertz CT molecular complexity index is 1270. The number of hydrogen-bond donors (Lipinski definition) is 0. The van der Waals surface area contributed by atoms with E-state index >= 15 is 0 Å². The van der Waals surface area contributed by atoms with Crippen LogP contribution in [0.15, 0.2) is 97.6 Å². The first kappa shape index (κ1) is 25.1. The minimum absolute atomic E-state index is 0.0698. The molecule has 178 valence electrons. The summed E-state index contributed by atoms with van der Waals surface area (Å²) in [5.41, 5.74) is 2.86. The highest BCUT2D eigenvalue weighted by Gasteiger charge is 2.32. The van der Waals surface area contributed by atoms with Gasteiger partial charge in [0.15, 0.2) is 11.6 Å². The molecule has 0 atom stereocenters. The second-order valence-corrected chi connectivity index (χ2v) is 7.14. The fourth-order valence-electron chi connectivity index (χ4n) is 2.90. The smallest absolute Gasteiger partial charge is 0.458 e. The molecular formula is C27H19F4NO3. The van der Waals surface area contributed by atoms with Gasteiger partial charge >= 0.3 is 6.36 Å². The maximum absolute atomic E-state index is 13.9. The number of alkyl halides is 3. The van der Waals surface area contributed by atoms with Gasteiger partial charge in [0.25, 0.3) is 0 Å². The van der Waals surface area contributed by atoms with Crippen LogP contribution in [0.25, 0.3) is 16.7 Å². The Balaban J connectivity index is 1.53. The highest BCUT2D eigenvalue weighted by atomic mass is 19.4. The van der Waals surface area contributed by atoms with Crippen molar-refractivity contribution in [3.63, 3.8) is 0 Å². The number of allylic oxidation sites excluding steroid dienone is 4. The van der Waals surface area contributed by atoms with E-state index in [-0.39, 0.29) is 6.79 Å². The summed E-state index contributed by atoms with van der Waals surface area (Å²) in [6.45, 7) is 7.44. The van der Waals surface area contributed by atoms with Crippen LogP contribution in [0.2, 0.25) is 0 Å². The van der Waals surface area contributed by atoms with Crippen molar-refractivity contribution in [3.05, 3.63) is 109 Å². The predicted octanol–water partition coefficient (Wildman–Crippen LogP) is 7.46. The van der Waals surface area contributed by atoms with Crippen molar-refractivity contribution in [2.45, 2.75) is 6.36 Å². The lowest BCUT2D eigenvalue weighted by atomic mass is 10.1. The molecule has 0 aliphatic carbocycles. The van der Waals surface area contributed by atoms with E-state index in [1.54, 1.807) is 48.6 Å². The van der Waals surface area contributed by atoms with Crippen molar-refractivity contribution in [3.8, 4) is 34.4 Å². The molecule has 0 N–H and O–H groups in total. The third-order valence-corrected chi connectivity index (χ3v) is 4.65. The number of nitriles is 1. The molecule has 0 aliphatic heterocycles. The highest BCUT2D eigenvalue weighted by Crippen LogP contribution is 2.30. The van der Waals surface area contributed by atoms with Crippen LogP contribution in [-0.2, 0) is 0 Å². The number of hydrogen-bond acceptors (Lipinski definition) is 4. The largest absolute Gasteiger partial charge is 0.573 e. The Hall–Kier alpha value is -4.51. The van der Waals surface area contributed by atoms with Crippen molar-refractivity contribution in [1.82, 2.24) is 0 Å². The molecule has 0 saturated carbocycles. The van der Waals surface area contributed by atoms with Crippen LogP contribution in [-0.4, -0.2) is 13.2 Å². The van der Waals surface area contributed by atoms with Gasteiger partial charge in [-0.3, -0.25) is 0 Å². The predicted molar refractivity (Wildman–Crippen MR) is 124 cm³/mol. The number of benzene rings is 3. The third-order valence-electron chi connectivity index (χ3n) is 4.65. The zero-order valence-corrected chi connectivity index (χ0v) is 18.3. The summed E-state index contributed by atoms with van der Waals surface area (Å²) >= 11 is 0. The van der Waals surface area contributed by atoms with Gasteiger partial charge in [-0.2, -0.15) is 5.26 Å². The van der Waals surface area contributed by atoms with Gasteiger partial charge in [0.05, 0.1) is 6.07 Å². The van der Waals surface area contributed by atoms with Crippen LogP contribution in [0.3, 0.4) is 0 Å². The molecule has 3 aromatic rings. The standard InChI is InChI=1S/C27H19F4NO3/c1-18(16-32)3-4-19(2)20-5-10-23(11-6-20)33-17-34-24-12-7-21(8-13-24)22-9-14-26(25(28)15-22)35-27(29,30)31/h3-15H,1-2,17H2. The Morgan fingerprint density at radius 1 is 0.857 bits per heavy atom. The number of rotatable bonds is 9. The molecule has 0 spiro atoms. The Labute approximate surface area is 199 Å². The van der Waals surface area contributed by atoms with E-state index in [1.807, 2.05) is 18.2 Å². The summed E-state index contributed by atoms with van der Waals surface area (Å²) in [5, 5.41) is 8.73. The van der Waals surface area contributed by atoms with Crippen LogP contribution in [0, 0.1) is 17.1 Å². The summed E-state index contributed by atoms with van der Waals surface area (Å²) in [6, 6.07) is 18.8. The average molecular weight is 481 g/mol. The Kier molecular flexibility index (Phi) is 7.95. The Morgan fingerprint density at radius 3 is 1.97 bits per heavy atom.